The normalized spacial score (nSPS) is 13.8. The predicted octanol–water partition coefficient (Wildman–Crippen LogP) is 3.95. The van der Waals surface area contributed by atoms with Crippen molar-refractivity contribution in [3.05, 3.63) is 72.6 Å². The average Bonchev–Trinajstić information content (AvgIpc) is 3.57. The highest BCUT2D eigenvalue weighted by molar-refractivity contribution is 7.92. The van der Waals surface area contributed by atoms with E-state index in [-0.39, 0.29) is 11.2 Å². The fourth-order valence-corrected chi connectivity index (χ4v) is 5.10. The first-order valence-corrected chi connectivity index (χ1v) is 11.7. The summed E-state index contributed by atoms with van der Waals surface area (Å²) in [6.45, 7) is 0. The van der Waals surface area contributed by atoms with Gasteiger partial charge in [-0.3, -0.25) is 9.48 Å². The lowest BCUT2D eigenvalue weighted by molar-refractivity contribution is 0.102. The second-order valence-electron chi connectivity index (χ2n) is 7.70. The molecule has 0 radical (unpaired) electrons. The summed E-state index contributed by atoms with van der Waals surface area (Å²) in [5, 5.41) is 7.62. The number of amides is 1. The minimum absolute atomic E-state index is 0.265. The largest absolute Gasteiger partial charge is 0.457 e. The van der Waals surface area contributed by atoms with E-state index in [2.05, 4.69) is 15.4 Å². The zero-order chi connectivity index (χ0) is 22.3. The number of benzene rings is 2. The van der Waals surface area contributed by atoms with Crippen molar-refractivity contribution in [2.24, 2.45) is 7.05 Å². The summed E-state index contributed by atoms with van der Waals surface area (Å²) < 4.78 is 32.5. The lowest BCUT2D eigenvalue weighted by atomic mass is 10.1. The van der Waals surface area contributed by atoms with E-state index in [1.807, 2.05) is 0 Å². The molecule has 2 aromatic heterocycles. The van der Waals surface area contributed by atoms with Gasteiger partial charge >= 0.3 is 0 Å². The smallest absolute Gasteiger partial charge is 0.257 e. The quantitative estimate of drug-likeness (QED) is 0.479. The Balaban J connectivity index is 1.45. The van der Waals surface area contributed by atoms with Crippen molar-refractivity contribution >= 4 is 32.5 Å². The van der Waals surface area contributed by atoms with Crippen molar-refractivity contribution in [2.75, 3.05) is 5.32 Å². The minimum Gasteiger partial charge on any atom is -0.457 e. The summed E-state index contributed by atoms with van der Waals surface area (Å²) in [6.07, 6.45) is 4.83. The van der Waals surface area contributed by atoms with Crippen LogP contribution in [-0.4, -0.2) is 34.3 Å². The molecule has 1 amide bonds. The van der Waals surface area contributed by atoms with Crippen LogP contribution >= 0.6 is 0 Å². The average molecular weight is 449 g/mol. The molecule has 0 atom stereocenters. The first-order valence-electron chi connectivity index (χ1n) is 10.1. The summed E-state index contributed by atoms with van der Waals surface area (Å²) in [5.41, 5.74) is 0.967. The molecule has 1 N–H and O–H groups in total. The van der Waals surface area contributed by atoms with E-state index in [1.165, 1.54) is 0 Å². The van der Waals surface area contributed by atoms with Crippen molar-refractivity contribution in [2.45, 2.75) is 23.0 Å². The highest BCUT2D eigenvalue weighted by Gasteiger charge is 2.36. The van der Waals surface area contributed by atoms with Crippen molar-refractivity contribution in [1.82, 2.24) is 14.8 Å². The van der Waals surface area contributed by atoms with E-state index in [0.29, 0.717) is 46.1 Å². The van der Waals surface area contributed by atoms with Gasteiger partial charge in [0.15, 0.2) is 9.84 Å². The second kappa shape index (κ2) is 7.76. The Morgan fingerprint density at radius 1 is 1.12 bits per heavy atom. The molecule has 0 unspecified atom stereocenters. The van der Waals surface area contributed by atoms with Gasteiger partial charge in [-0.1, -0.05) is 6.07 Å². The monoisotopic (exact) mass is 448 g/mol. The maximum absolute atomic E-state index is 12.8. The molecular weight excluding hydrogens is 428 g/mol. The van der Waals surface area contributed by atoms with Crippen LogP contribution in [0.4, 0.5) is 5.82 Å². The molecule has 5 rings (SSSR count). The molecule has 0 aliphatic heterocycles. The van der Waals surface area contributed by atoms with E-state index in [9.17, 15) is 13.2 Å². The molecular formula is C23H20N4O4S. The molecule has 0 spiro atoms. The van der Waals surface area contributed by atoms with Gasteiger partial charge in [-0.25, -0.2) is 13.4 Å². The third kappa shape index (κ3) is 3.94. The number of pyridine rings is 1. The lowest BCUT2D eigenvalue weighted by Gasteiger charge is -2.10. The molecule has 9 heteroatoms. The van der Waals surface area contributed by atoms with Gasteiger partial charge in [-0.05, 0) is 61.4 Å². The molecule has 0 bridgehead atoms. The summed E-state index contributed by atoms with van der Waals surface area (Å²) in [5.74, 6) is 1.01. The number of carbonyl (C=O) groups is 1. The van der Waals surface area contributed by atoms with Gasteiger partial charge in [0.05, 0.1) is 21.0 Å². The minimum atomic E-state index is -3.26. The van der Waals surface area contributed by atoms with E-state index < -0.39 is 9.84 Å². The Kier molecular flexibility index (Phi) is 4.90. The fourth-order valence-electron chi connectivity index (χ4n) is 3.45. The van der Waals surface area contributed by atoms with E-state index in [4.69, 9.17) is 4.74 Å². The van der Waals surface area contributed by atoms with Gasteiger partial charge in [0.25, 0.3) is 5.91 Å². The number of aryl methyl sites for hydroxylation is 1. The van der Waals surface area contributed by atoms with E-state index in [1.54, 1.807) is 78.7 Å². The third-order valence-electron chi connectivity index (χ3n) is 5.21. The van der Waals surface area contributed by atoms with E-state index in [0.717, 1.165) is 5.39 Å². The summed E-state index contributed by atoms with van der Waals surface area (Å²) in [6, 6.07) is 14.9. The number of hydrogen-bond acceptors (Lipinski definition) is 6. The molecule has 2 heterocycles. The van der Waals surface area contributed by atoms with Crippen LogP contribution in [0.25, 0.3) is 10.9 Å². The fraction of sp³-hybridized carbons (Fsp3) is 0.174. The number of carbonyl (C=O) groups excluding carboxylic acids is 1. The number of hydrogen-bond donors (Lipinski definition) is 1. The first kappa shape index (κ1) is 20.2. The van der Waals surface area contributed by atoms with Crippen LogP contribution in [0.5, 0.6) is 11.5 Å². The summed E-state index contributed by atoms with van der Waals surface area (Å²) >= 11 is 0. The molecule has 1 aliphatic carbocycles. The number of nitrogens with zero attached hydrogens (tertiary/aromatic N) is 3. The summed E-state index contributed by atoms with van der Waals surface area (Å²) in [4.78, 5) is 17.2. The molecule has 162 valence electrons. The lowest BCUT2D eigenvalue weighted by Crippen LogP contribution is -2.13. The topological polar surface area (TPSA) is 103 Å². The Morgan fingerprint density at radius 2 is 1.91 bits per heavy atom. The molecule has 4 aromatic rings. The van der Waals surface area contributed by atoms with Crippen LogP contribution < -0.4 is 10.1 Å². The zero-order valence-corrected chi connectivity index (χ0v) is 18.0. The molecule has 8 nitrogen and oxygen atoms in total. The van der Waals surface area contributed by atoms with Crippen LogP contribution in [0.2, 0.25) is 0 Å². The van der Waals surface area contributed by atoms with Crippen molar-refractivity contribution in [3.63, 3.8) is 0 Å². The maximum atomic E-state index is 12.8. The van der Waals surface area contributed by atoms with Gasteiger partial charge in [-0.15, -0.1) is 0 Å². The van der Waals surface area contributed by atoms with E-state index >= 15 is 0 Å². The molecule has 2 aromatic carbocycles. The number of aromatic nitrogens is 3. The van der Waals surface area contributed by atoms with Crippen molar-refractivity contribution in [3.8, 4) is 11.5 Å². The Hall–Kier alpha value is -3.72. The molecule has 1 fully saturated rings. The predicted molar refractivity (Wildman–Crippen MR) is 120 cm³/mol. The highest BCUT2D eigenvalue weighted by Crippen LogP contribution is 2.35. The number of ether oxygens (including phenoxy) is 1. The Labute approximate surface area is 184 Å². The maximum Gasteiger partial charge on any atom is 0.257 e. The number of anilines is 1. The molecule has 1 saturated carbocycles. The molecule has 32 heavy (non-hydrogen) atoms. The zero-order valence-electron chi connectivity index (χ0n) is 17.2. The summed E-state index contributed by atoms with van der Waals surface area (Å²) in [7, 11) is -1.48. The van der Waals surface area contributed by atoms with Crippen LogP contribution in [0.3, 0.4) is 0 Å². The number of sulfone groups is 1. The second-order valence-corrected chi connectivity index (χ2v) is 9.92. The first-order chi connectivity index (χ1) is 15.4. The van der Waals surface area contributed by atoms with Crippen molar-refractivity contribution in [1.29, 1.82) is 0 Å². The standard InChI is InChI=1S/C23H20N4O4S/c1-27-14-19-20(26-27)12-15(23(28)25-22-4-2-3-11-24-22)13-21(19)31-16-5-7-17(8-6-16)32(29,30)18-9-10-18/h2-8,11-14,18H,9-10H2,1H3,(H,24,25,28). The van der Waals surface area contributed by atoms with Crippen LogP contribution in [-0.2, 0) is 16.9 Å². The van der Waals surface area contributed by atoms with Gasteiger partial charge in [-0.2, -0.15) is 5.10 Å². The Bertz CT molecular complexity index is 1410. The molecule has 1 aliphatic rings. The van der Waals surface area contributed by atoms with Gasteiger partial charge in [0.2, 0.25) is 0 Å². The van der Waals surface area contributed by atoms with Crippen LogP contribution in [0.15, 0.2) is 71.9 Å². The SMILES string of the molecule is Cn1cc2c(Oc3ccc(S(=O)(=O)C4CC4)cc3)cc(C(=O)Nc3ccccn3)cc2n1. The van der Waals surface area contributed by atoms with Gasteiger partial charge in [0.1, 0.15) is 17.3 Å². The number of fused-ring (bicyclic) bond motifs is 1. The Morgan fingerprint density at radius 3 is 2.59 bits per heavy atom. The van der Waals surface area contributed by atoms with Crippen LogP contribution in [0.1, 0.15) is 23.2 Å². The third-order valence-corrected chi connectivity index (χ3v) is 7.49. The van der Waals surface area contributed by atoms with Gasteiger partial charge in [0, 0.05) is 25.0 Å². The van der Waals surface area contributed by atoms with Crippen molar-refractivity contribution < 1.29 is 17.9 Å². The van der Waals surface area contributed by atoms with Crippen LogP contribution in [0, 0.1) is 0 Å². The number of nitrogens with one attached hydrogen (secondary N) is 1. The highest BCUT2D eigenvalue weighted by atomic mass is 32.2. The molecule has 0 saturated heterocycles. The number of rotatable bonds is 6. The van der Waals surface area contributed by atoms with Gasteiger partial charge < -0.3 is 10.1 Å².